The number of aromatic nitrogens is 3. The molecule has 9 heteroatoms. The first-order valence-electron chi connectivity index (χ1n) is 13.3. The number of nitrogens with two attached hydrogens (primary N) is 1. The molecule has 0 bridgehead atoms. The van der Waals surface area contributed by atoms with Gasteiger partial charge in [0.25, 0.3) is 0 Å². The van der Waals surface area contributed by atoms with Crippen LogP contribution in [-0.4, -0.2) is 20.2 Å². The van der Waals surface area contributed by atoms with Gasteiger partial charge in [0, 0.05) is 22.8 Å². The van der Waals surface area contributed by atoms with Crippen molar-refractivity contribution in [1.29, 1.82) is 0 Å². The summed E-state index contributed by atoms with van der Waals surface area (Å²) in [6, 6.07) is 12.6. The number of alkyl halides is 3. The Morgan fingerprint density at radius 2 is 1.77 bits per heavy atom. The van der Waals surface area contributed by atoms with Crippen molar-refractivity contribution in [1.82, 2.24) is 14.4 Å². The topological polar surface area (TPSA) is 73.3 Å². The summed E-state index contributed by atoms with van der Waals surface area (Å²) in [7, 11) is 0. The van der Waals surface area contributed by atoms with E-state index < -0.39 is 28.5 Å². The van der Waals surface area contributed by atoms with Crippen LogP contribution in [0.2, 0.25) is 0 Å². The lowest BCUT2D eigenvalue weighted by Gasteiger charge is -2.39. The summed E-state index contributed by atoms with van der Waals surface area (Å²) >= 11 is 0. The fraction of sp³-hybridized carbons (Fsp3) is 0.387. The van der Waals surface area contributed by atoms with Crippen molar-refractivity contribution in [2.75, 3.05) is 5.73 Å². The Labute approximate surface area is 230 Å². The van der Waals surface area contributed by atoms with Crippen molar-refractivity contribution in [3.05, 3.63) is 83.2 Å². The quantitative estimate of drug-likeness (QED) is 0.257. The summed E-state index contributed by atoms with van der Waals surface area (Å²) in [6.07, 6.45) is -2.02. The lowest BCUT2D eigenvalue weighted by Crippen LogP contribution is -2.39. The summed E-state index contributed by atoms with van der Waals surface area (Å²) in [5, 5.41) is 0. The molecule has 2 aromatic carbocycles. The fourth-order valence-electron chi connectivity index (χ4n) is 6.26. The van der Waals surface area contributed by atoms with Gasteiger partial charge in [-0.2, -0.15) is 17.6 Å². The molecule has 2 N–H and O–H groups in total. The molecule has 0 radical (unpaired) electrons. The first-order valence-corrected chi connectivity index (χ1v) is 13.3. The number of halogens is 4. The average Bonchev–Trinajstić information content (AvgIpc) is 3.41. The van der Waals surface area contributed by atoms with E-state index in [1.54, 1.807) is 13.0 Å². The van der Waals surface area contributed by atoms with Crippen LogP contribution in [0.15, 0.2) is 54.7 Å². The minimum Gasteiger partial charge on any atom is -0.382 e. The van der Waals surface area contributed by atoms with Crippen molar-refractivity contribution in [3.8, 4) is 11.3 Å². The SMILES string of the molecule is CC(=O)[C@@]1(C)CC[C@@H](c2nc(-c3ccc([C@H](C)c4cccc(C(F)(F)F)c4)cc3)c3c(N)ncc(F)n23)C1(C)C. The number of carbonyl (C=O) groups excluding carboxylic acids is 1. The van der Waals surface area contributed by atoms with E-state index in [4.69, 9.17) is 10.7 Å². The van der Waals surface area contributed by atoms with Gasteiger partial charge in [0.2, 0.25) is 5.95 Å². The molecule has 0 unspecified atom stereocenters. The Balaban J connectivity index is 1.57. The Morgan fingerprint density at radius 3 is 2.38 bits per heavy atom. The summed E-state index contributed by atoms with van der Waals surface area (Å²) < 4.78 is 56.5. The molecule has 1 saturated carbocycles. The van der Waals surface area contributed by atoms with Gasteiger partial charge in [-0.05, 0) is 42.4 Å². The van der Waals surface area contributed by atoms with Crippen molar-refractivity contribution < 1.29 is 22.4 Å². The Hall–Kier alpha value is -3.75. The molecule has 210 valence electrons. The van der Waals surface area contributed by atoms with Gasteiger partial charge in [-0.15, -0.1) is 0 Å². The molecule has 1 fully saturated rings. The van der Waals surface area contributed by atoms with E-state index in [1.165, 1.54) is 16.5 Å². The minimum atomic E-state index is -4.42. The maximum Gasteiger partial charge on any atom is 0.416 e. The highest BCUT2D eigenvalue weighted by molar-refractivity contribution is 5.86. The minimum absolute atomic E-state index is 0.0909. The maximum absolute atomic E-state index is 15.3. The molecule has 2 heterocycles. The van der Waals surface area contributed by atoms with Gasteiger partial charge in [-0.1, -0.05) is 70.2 Å². The highest BCUT2D eigenvalue weighted by Crippen LogP contribution is 2.60. The van der Waals surface area contributed by atoms with E-state index >= 15 is 4.39 Å². The van der Waals surface area contributed by atoms with Gasteiger partial charge in [0.05, 0.1) is 11.8 Å². The number of rotatable bonds is 5. The number of ketones is 1. The number of hydrogen-bond donors (Lipinski definition) is 1. The number of fused-ring (bicyclic) bond motifs is 1. The van der Waals surface area contributed by atoms with E-state index in [-0.39, 0.29) is 23.4 Å². The zero-order valence-corrected chi connectivity index (χ0v) is 23.1. The highest BCUT2D eigenvalue weighted by atomic mass is 19.4. The smallest absolute Gasteiger partial charge is 0.382 e. The van der Waals surface area contributed by atoms with Gasteiger partial charge in [0.15, 0.2) is 0 Å². The number of carbonyl (C=O) groups is 1. The first kappa shape index (κ1) is 27.8. The predicted molar refractivity (Wildman–Crippen MR) is 146 cm³/mol. The van der Waals surface area contributed by atoms with Gasteiger partial charge in [-0.25, -0.2) is 9.97 Å². The summed E-state index contributed by atoms with van der Waals surface area (Å²) in [4.78, 5) is 21.6. The molecule has 5 rings (SSSR count). The lowest BCUT2D eigenvalue weighted by atomic mass is 9.64. The number of nitrogens with zero attached hydrogens (tertiary/aromatic N) is 3. The molecule has 0 aliphatic heterocycles. The van der Waals surface area contributed by atoms with Crippen LogP contribution in [0.1, 0.15) is 81.8 Å². The second-order valence-electron chi connectivity index (χ2n) is 11.6. The van der Waals surface area contributed by atoms with Crippen molar-refractivity contribution in [2.24, 2.45) is 10.8 Å². The molecule has 0 amide bonds. The molecule has 3 atom stereocenters. The van der Waals surface area contributed by atoms with Crippen LogP contribution >= 0.6 is 0 Å². The van der Waals surface area contributed by atoms with Crippen LogP contribution in [-0.2, 0) is 11.0 Å². The number of Topliss-reactive ketones (excluding diaryl/α,β-unsaturated/α-hetero) is 1. The summed E-state index contributed by atoms with van der Waals surface area (Å²) in [5.41, 5.74) is 7.35. The Kier molecular flexibility index (Phi) is 6.55. The number of hydrogen-bond acceptors (Lipinski definition) is 4. The highest BCUT2D eigenvalue weighted by Gasteiger charge is 2.56. The van der Waals surface area contributed by atoms with Crippen LogP contribution < -0.4 is 5.73 Å². The normalized spacial score (nSPS) is 21.6. The monoisotopic (exact) mass is 552 g/mol. The van der Waals surface area contributed by atoms with E-state index in [9.17, 15) is 18.0 Å². The average molecular weight is 553 g/mol. The molecule has 1 aliphatic carbocycles. The fourth-order valence-corrected chi connectivity index (χ4v) is 6.26. The molecular weight excluding hydrogens is 520 g/mol. The van der Waals surface area contributed by atoms with Crippen molar-refractivity contribution in [3.63, 3.8) is 0 Å². The van der Waals surface area contributed by atoms with Gasteiger partial charge in [0.1, 0.15) is 28.6 Å². The van der Waals surface area contributed by atoms with E-state index in [1.807, 2.05) is 52.0 Å². The number of benzene rings is 2. The second kappa shape index (κ2) is 9.42. The van der Waals surface area contributed by atoms with Crippen LogP contribution in [0.4, 0.5) is 23.4 Å². The second-order valence-corrected chi connectivity index (χ2v) is 11.6. The largest absolute Gasteiger partial charge is 0.416 e. The molecule has 5 nitrogen and oxygen atoms in total. The summed E-state index contributed by atoms with van der Waals surface area (Å²) in [6.45, 7) is 9.46. The van der Waals surface area contributed by atoms with Gasteiger partial charge in [-0.3, -0.25) is 9.20 Å². The van der Waals surface area contributed by atoms with Crippen molar-refractivity contribution >= 4 is 17.1 Å². The van der Waals surface area contributed by atoms with Crippen LogP contribution in [0.3, 0.4) is 0 Å². The van der Waals surface area contributed by atoms with Gasteiger partial charge < -0.3 is 5.73 Å². The molecule has 0 saturated heterocycles. The number of imidazole rings is 1. The molecule has 40 heavy (non-hydrogen) atoms. The zero-order chi connectivity index (χ0) is 29.2. The standard InChI is InChI=1S/C31H32F4N4O/c1-17(21-7-6-8-22(15-21)31(33,34)35)19-9-11-20(12-10-19)25-26-27(36)37-16-24(32)39(26)28(38-25)23-13-14-30(5,18(2)40)29(23,3)4/h6-12,15-17,23H,13-14H2,1-5H3,(H2,36,37)/t17-,23-,30+/m0/s1. The molecule has 2 aromatic heterocycles. The predicted octanol–water partition coefficient (Wildman–Crippen LogP) is 7.79. The van der Waals surface area contributed by atoms with Crippen LogP contribution in [0.5, 0.6) is 0 Å². The van der Waals surface area contributed by atoms with Crippen LogP contribution in [0, 0.1) is 16.8 Å². The third-order valence-corrected chi connectivity index (χ3v) is 9.38. The van der Waals surface area contributed by atoms with E-state index in [2.05, 4.69) is 4.98 Å². The zero-order valence-electron chi connectivity index (χ0n) is 23.1. The van der Waals surface area contributed by atoms with Crippen molar-refractivity contribution in [2.45, 2.75) is 65.5 Å². The molecule has 0 spiro atoms. The number of nitrogen functional groups attached to an aromatic ring is 1. The third-order valence-electron chi connectivity index (χ3n) is 9.38. The number of anilines is 1. The molecule has 1 aliphatic rings. The van der Waals surface area contributed by atoms with Crippen LogP contribution in [0.25, 0.3) is 16.8 Å². The maximum atomic E-state index is 15.3. The van der Waals surface area contributed by atoms with E-state index in [0.717, 1.165) is 17.8 Å². The first-order chi connectivity index (χ1) is 18.7. The van der Waals surface area contributed by atoms with E-state index in [0.29, 0.717) is 41.0 Å². The Bertz CT molecular complexity index is 1610. The summed E-state index contributed by atoms with van der Waals surface area (Å²) in [5.74, 6) is -0.389. The Morgan fingerprint density at radius 1 is 1.10 bits per heavy atom. The molecular formula is C31H32F4N4O. The van der Waals surface area contributed by atoms with Gasteiger partial charge >= 0.3 is 6.18 Å². The molecule has 4 aromatic rings. The third kappa shape index (κ3) is 4.26. The lowest BCUT2D eigenvalue weighted by molar-refractivity contribution is -0.137.